The monoisotopic (exact) mass is 405 g/mol. The van der Waals surface area contributed by atoms with Gasteiger partial charge in [0.05, 0.1) is 30.5 Å². The van der Waals surface area contributed by atoms with Crippen molar-refractivity contribution in [3.63, 3.8) is 0 Å². The Labute approximate surface area is 181 Å². The molecule has 31 heavy (non-hydrogen) atoms. The predicted molar refractivity (Wildman–Crippen MR) is 125 cm³/mol. The highest BCUT2D eigenvalue weighted by Gasteiger charge is 2.12. The van der Waals surface area contributed by atoms with Crippen LogP contribution in [0, 0.1) is 6.92 Å². The van der Waals surface area contributed by atoms with Crippen LogP contribution in [0.3, 0.4) is 0 Å². The van der Waals surface area contributed by atoms with E-state index in [1.165, 1.54) is 21.9 Å². The number of aromatic nitrogens is 3. The van der Waals surface area contributed by atoms with E-state index in [2.05, 4.69) is 71.7 Å². The van der Waals surface area contributed by atoms with Crippen molar-refractivity contribution in [1.29, 1.82) is 0 Å². The van der Waals surface area contributed by atoms with Gasteiger partial charge in [-0.15, -0.1) is 0 Å². The first-order chi connectivity index (χ1) is 15.2. The van der Waals surface area contributed by atoms with Gasteiger partial charge in [0.1, 0.15) is 5.75 Å². The molecule has 0 amide bonds. The Hall–Kier alpha value is -3.92. The average Bonchev–Trinajstić information content (AvgIpc) is 3.25. The topological polar surface area (TPSA) is 39.9 Å². The van der Waals surface area contributed by atoms with Crippen LogP contribution in [-0.4, -0.2) is 21.6 Å². The number of rotatable bonds is 5. The minimum atomic E-state index is 0.809. The Kier molecular flexibility index (Phi) is 4.97. The molecule has 3 aromatic carbocycles. The maximum atomic E-state index is 5.73. The number of pyridine rings is 1. The van der Waals surface area contributed by atoms with Crippen LogP contribution in [0.4, 0.5) is 0 Å². The van der Waals surface area contributed by atoms with E-state index in [4.69, 9.17) is 9.72 Å². The number of fused-ring (bicyclic) bond motifs is 1. The maximum absolute atomic E-state index is 5.73. The smallest absolute Gasteiger partial charge is 0.143 e. The number of imidazole rings is 1. The van der Waals surface area contributed by atoms with E-state index in [9.17, 15) is 0 Å². The van der Waals surface area contributed by atoms with Gasteiger partial charge in [0.25, 0.3) is 0 Å². The minimum absolute atomic E-state index is 0.809. The molecule has 0 aliphatic heterocycles. The molecule has 0 N–H and O–H groups in total. The van der Waals surface area contributed by atoms with Crippen molar-refractivity contribution in [3.05, 3.63) is 108 Å². The van der Waals surface area contributed by atoms with E-state index in [-0.39, 0.29) is 0 Å². The van der Waals surface area contributed by atoms with Gasteiger partial charge < -0.3 is 9.30 Å². The van der Waals surface area contributed by atoms with Gasteiger partial charge in [0.15, 0.2) is 0 Å². The molecule has 0 bridgehead atoms. The molecule has 4 nitrogen and oxygen atoms in total. The highest BCUT2D eigenvalue weighted by atomic mass is 16.5. The Morgan fingerprint density at radius 1 is 0.871 bits per heavy atom. The van der Waals surface area contributed by atoms with Crippen molar-refractivity contribution in [2.75, 3.05) is 7.11 Å². The van der Waals surface area contributed by atoms with Crippen molar-refractivity contribution in [3.8, 4) is 22.6 Å². The molecule has 0 aliphatic carbocycles. The summed E-state index contributed by atoms with van der Waals surface area (Å²) in [6, 6.07) is 25.3. The van der Waals surface area contributed by atoms with Gasteiger partial charge in [-0.2, -0.15) is 0 Å². The highest BCUT2D eigenvalue weighted by molar-refractivity contribution is 5.98. The van der Waals surface area contributed by atoms with Gasteiger partial charge >= 0.3 is 0 Å². The molecule has 5 rings (SSSR count). The Morgan fingerprint density at radius 2 is 1.74 bits per heavy atom. The van der Waals surface area contributed by atoms with E-state index < -0.39 is 0 Å². The second-order valence-corrected chi connectivity index (χ2v) is 7.63. The zero-order valence-corrected chi connectivity index (χ0v) is 17.6. The standard InChI is InChI=1S/C27H23N3O/c1-19-17-30(18-29-19)26-12-11-21(16-27(26)31-2)22-9-6-10-24-23(22)13-14-28-25(24)15-20-7-4-3-5-8-20/h3-14,16-18H,15H2,1-2H3. The lowest BCUT2D eigenvalue weighted by molar-refractivity contribution is 0.413. The fourth-order valence-electron chi connectivity index (χ4n) is 4.06. The first-order valence-corrected chi connectivity index (χ1v) is 10.3. The summed E-state index contributed by atoms with van der Waals surface area (Å²) in [7, 11) is 1.71. The first kappa shape index (κ1) is 19.1. The fraction of sp³-hybridized carbons (Fsp3) is 0.111. The van der Waals surface area contributed by atoms with Crippen LogP contribution in [0.5, 0.6) is 5.75 Å². The lowest BCUT2D eigenvalue weighted by Gasteiger charge is -2.14. The average molecular weight is 406 g/mol. The molecular weight excluding hydrogens is 382 g/mol. The second-order valence-electron chi connectivity index (χ2n) is 7.63. The molecule has 0 spiro atoms. The van der Waals surface area contributed by atoms with Crippen LogP contribution < -0.4 is 4.74 Å². The Balaban J connectivity index is 1.60. The van der Waals surface area contributed by atoms with Gasteiger partial charge in [0, 0.05) is 24.2 Å². The summed E-state index contributed by atoms with van der Waals surface area (Å²) in [6.45, 7) is 1.98. The molecule has 2 aromatic heterocycles. The lowest BCUT2D eigenvalue weighted by Crippen LogP contribution is -1.97. The zero-order valence-electron chi connectivity index (χ0n) is 17.6. The maximum Gasteiger partial charge on any atom is 0.143 e. The number of aryl methyl sites for hydroxylation is 1. The molecule has 0 fully saturated rings. The SMILES string of the molecule is COc1cc(-c2cccc3c(Cc4ccccc4)nccc23)ccc1-n1cnc(C)c1. The number of benzene rings is 3. The van der Waals surface area contributed by atoms with Gasteiger partial charge in [-0.05, 0) is 47.2 Å². The lowest BCUT2D eigenvalue weighted by atomic mass is 9.96. The summed E-state index contributed by atoms with van der Waals surface area (Å²) in [5.74, 6) is 0.811. The van der Waals surface area contributed by atoms with E-state index in [1.807, 2.05) is 36.3 Å². The van der Waals surface area contributed by atoms with Crippen molar-refractivity contribution in [2.45, 2.75) is 13.3 Å². The number of nitrogens with zero attached hydrogens (tertiary/aromatic N) is 3. The van der Waals surface area contributed by atoms with E-state index >= 15 is 0 Å². The molecule has 152 valence electrons. The van der Waals surface area contributed by atoms with Crippen LogP contribution in [0.25, 0.3) is 27.6 Å². The Bertz CT molecular complexity index is 1360. The summed E-state index contributed by atoms with van der Waals surface area (Å²) in [6.07, 6.45) is 6.52. The quantitative estimate of drug-likeness (QED) is 0.360. The van der Waals surface area contributed by atoms with Crippen LogP contribution in [-0.2, 0) is 6.42 Å². The summed E-state index contributed by atoms with van der Waals surface area (Å²) in [5, 5.41) is 2.37. The number of ether oxygens (including phenoxy) is 1. The van der Waals surface area contributed by atoms with Crippen LogP contribution in [0.15, 0.2) is 91.5 Å². The van der Waals surface area contributed by atoms with Crippen molar-refractivity contribution < 1.29 is 4.74 Å². The van der Waals surface area contributed by atoms with Crippen molar-refractivity contribution >= 4 is 10.8 Å². The van der Waals surface area contributed by atoms with Gasteiger partial charge in [-0.3, -0.25) is 4.98 Å². The zero-order chi connectivity index (χ0) is 21.2. The molecular formula is C27H23N3O. The van der Waals surface area contributed by atoms with Crippen molar-refractivity contribution in [2.24, 2.45) is 0 Å². The first-order valence-electron chi connectivity index (χ1n) is 10.3. The van der Waals surface area contributed by atoms with Crippen LogP contribution >= 0.6 is 0 Å². The summed E-state index contributed by atoms with van der Waals surface area (Å²) in [4.78, 5) is 9.03. The fourth-order valence-corrected chi connectivity index (χ4v) is 4.06. The van der Waals surface area contributed by atoms with Gasteiger partial charge in [-0.1, -0.05) is 54.6 Å². The normalized spacial score (nSPS) is 11.0. The molecule has 4 heteroatoms. The highest BCUT2D eigenvalue weighted by Crippen LogP contribution is 2.34. The second kappa shape index (κ2) is 8.07. The largest absolute Gasteiger partial charge is 0.495 e. The third-order valence-corrected chi connectivity index (χ3v) is 5.58. The molecule has 2 heterocycles. The van der Waals surface area contributed by atoms with E-state index in [0.717, 1.165) is 34.8 Å². The van der Waals surface area contributed by atoms with E-state index in [1.54, 1.807) is 7.11 Å². The molecule has 0 atom stereocenters. The number of hydrogen-bond donors (Lipinski definition) is 0. The van der Waals surface area contributed by atoms with Gasteiger partial charge in [-0.25, -0.2) is 4.98 Å². The molecule has 0 saturated carbocycles. The summed E-state index contributed by atoms with van der Waals surface area (Å²) >= 11 is 0. The summed E-state index contributed by atoms with van der Waals surface area (Å²) < 4.78 is 7.71. The minimum Gasteiger partial charge on any atom is -0.495 e. The van der Waals surface area contributed by atoms with Crippen LogP contribution in [0.2, 0.25) is 0 Å². The number of methoxy groups -OCH3 is 1. The molecule has 0 radical (unpaired) electrons. The summed E-state index contributed by atoms with van der Waals surface area (Å²) in [5.41, 5.74) is 6.57. The van der Waals surface area contributed by atoms with Crippen molar-refractivity contribution in [1.82, 2.24) is 14.5 Å². The number of hydrogen-bond acceptors (Lipinski definition) is 3. The molecule has 0 saturated heterocycles. The van der Waals surface area contributed by atoms with Gasteiger partial charge in [0.2, 0.25) is 0 Å². The molecule has 0 aliphatic rings. The third kappa shape index (κ3) is 3.68. The Morgan fingerprint density at radius 3 is 2.52 bits per heavy atom. The molecule has 5 aromatic rings. The molecule has 0 unspecified atom stereocenters. The van der Waals surface area contributed by atoms with Crippen LogP contribution in [0.1, 0.15) is 17.0 Å². The third-order valence-electron chi connectivity index (χ3n) is 5.58. The predicted octanol–water partition coefficient (Wildman–Crippen LogP) is 6.00. The van der Waals surface area contributed by atoms with E-state index in [0.29, 0.717) is 0 Å².